The number of hydrogen-bond donors (Lipinski definition) is 1. The van der Waals surface area contributed by atoms with E-state index in [1.54, 1.807) is 29.0 Å². The molecule has 1 N–H and O–H groups in total. The van der Waals surface area contributed by atoms with E-state index in [0.717, 1.165) is 5.56 Å². The molecule has 0 saturated heterocycles. The minimum atomic E-state index is -0.917. The number of amides is 2. The number of rotatable bonds is 9. The molecule has 2 amide bonds. The van der Waals surface area contributed by atoms with Gasteiger partial charge in [0, 0.05) is 38.2 Å². The van der Waals surface area contributed by atoms with Crippen LogP contribution in [0.2, 0.25) is 0 Å². The first kappa shape index (κ1) is 21.7. The molecule has 0 unspecified atom stereocenters. The van der Waals surface area contributed by atoms with Crippen molar-refractivity contribution in [2.75, 3.05) is 20.1 Å². The average molecular weight is 362 g/mol. The summed E-state index contributed by atoms with van der Waals surface area (Å²) in [5.74, 6) is -0.817. The van der Waals surface area contributed by atoms with Crippen LogP contribution in [0.3, 0.4) is 0 Å². The highest BCUT2D eigenvalue weighted by Gasteiger charge is 2.18. The molecule has 0 bridgehead atoms. The van der Waals surface area contributed by atoms with Crippen LogP contribution in [0.4, 0.5) is 0 Å². The Bertz CT molecular complexity index is 623. The molecular weight excluding hydrogens is 332 g/mol. The van der Waals surface area contributed by atoms with Crippen molar-refractivity contribution in [3.63, 3.8) is 0 Å². The number of carbonyl (C=O) groups excluding carboxylic acids is 2. The van der Waals surface area contributed by atoms with Gasteiger partial charge in [0.1, 0.15) is 0 Å². The lowest BCUT2D eigenvalue weighted by Crippen LogP contribution is -2.36. The normalized spacial score (nSPS) is 10.9. The SMILES string of the molecule is CC(C)CN(CCC(=O)O)C(=O)c1ccc(CN(C)C(=O)C(C)C)cc1. The van der Waals surface area contributed by atoms with Crippen molar-refractivity contribution in [3.05, 3.63) is 35.4 Å². The summed E-state index contributed by atoms with van der Waals surface area (Å²) in [6, 6.07) is 7.14. The van der Waals surface area contributed by atoms with Crippen LogP contribution in [0.1, 0.15) is 50.0 Å². The van der Waals surface area contributed by atoms with E-state index in [1.165, 1.54) is 0 Å². The van der Waals surface area contributed by atoms with Crippen LogP contribution < -0.4 is 0 Å². The Kier molecular flexibility index (Phi) is 8.29. The number of carboxylic acid groups (broad SMARTS) is 1. The number of hydrogen-bond acceptors (Lipinski definition) is 3. The van der Waals surface area contributed by atoms with Crippen LogP contribution in [0.5, 0.6) is 0 Å². The minimum absolute atomic E-state index is 0.0559. The van der Waals surface area contributed by atoms with Crippen LogP contribution in [-0.4, -0.2) is 52.8 Å². The monoisotopic (exact) mass is 362 g/mol. The summed E-state index contributed by atoms with van der Waals surface area (Å²) < 4.78 is 0. The molecule has 6 nitrogen and oxygen atoms in total. The average Bonchev–Trinajstić information content (AvgIpc) is 2.57. The molecule has 0 fully saturated rings. The van der Waals surface area contributed by atoms with Crippen molar-refractivity contribution in [1.82, 2.24) is 9.80 Å². The highest BCUT2D eigenvalue weighted by atomic mass is 16.4. The van der Waals surface area contributed by atoms with Crippen molar-refractivity contribution in [2.45, 2.75) is 40.7 Å². The minimum Gasteiger partial charge on any atom is -0.481 e. The number of carboxylic acids is 1. The van der Waals surface area contributed by atoms with E-state index in [2.05, 4.69) is 0 Å². The maximum atomic E-state index is 12.7. The molecule has 0 spiro atoms. The third-order valence-corrected chi connectivity index (χ3v) is 3.96. The van der Waals surface area contributed by atoms with Gasteiger partial charge in [-0.2, -0.15) is 0 Å². The Morgan fingerprint density at radius 2 is 1.62 bits per heavy atom. The van der Waals surface area contributed by atoms with Crippen LogP contribution in [0.15, 0.2) is 24.3 Å². The number of aliphatic carboxylic acids is 1. The van der Waals surface area contributed by atoms with E-state index in [4.69, 9.17) is 5.11 Å². The van der Waals surface area contributed by atoms with Gasteiger partial charge in [0.15, 0.2) is 0 Å². The summed E-state index contributed by atoms with van der Waals surface area (Å²) >= 11 is 0. The zero-order valence-corrected chi connectivity index (χ0v) is 16.4. The molecule has 0 radical (unpaired) electrons. The van der Waals surface area contributed by atoms with Crippen LogP contribution in [0, 0.1) is 11.8 Å². The van der Waals surface area contributed by atoms with Gasteiger partial charge in [0.05, 0.1) is 6.42 Å². The molecule has 0 saturated carbocycles. The molecule has 144 valence electrons. The van der Waals surface area contributed by atoms with Gasteiger partial charge < -0.3 is 14.9 Å². The number of nitrogens with zero attached hydrogens (tertiary/aromatic N) is 2. The lowest BCUT2D eigenvalue weighted by molar-refractivity contribution is -0.137. The van der Waals surface area contributed by atoms with Gasteiger partial charge >= 0.3 is 5.97 Å². The standard InChI is InChI=1S/C20H30N2O4/c1-14(2)12-22(11-10-18(23)24)20(26)17-8-6-16(7-9-17)13-21(5)19(25)15(3)4/h6-9,14-15H,10-13H2,1-5H3,(H,23,24). The lowest BCUT2D eigenvalue weighted by Gasteiger charge is -2.24. The van der Waals surface area contributed by atoms with E-state index in [1.807, 2.05) is 39.8 Å². The lowest BCUT2D eigenvalue weighted by atomic mass is 10.1. The van der Waals surface area contributed by atoms with Crippen LogP contribution in [-0.2, 0) is 16.1 Å². The fraction of sp³-hybridized carbons (Fsp3) is 0.550. The number of benzene rings is 1. The largest absolute Gasteiger partial charge is 0.481 e. The van der Waals surface area contributed by atoms with Crippen molar-refractivity contribution in [3.8, 4) is 0 Å². The second kappa shape index (κ2) is 9.94. The summed E-state index contributed by atoms with van der Waals surface area (Å²) in [5, 5.41) is 8.88. The van der Waals surface area contributed by atoms with Gasteiger partial charge in [-0.3, -0.25) is 14.4 Å². The fourth-order valence-corrected chi connectivity index (χ4v) is 2.67. The number of carbonyl (C=O) groups is 3. The van der Waals surface area contributed by atoms with Crippen molar-refractivity contribution in [2.24, 2.45) is 11.8 Å². The van der Waals surface area contributed by atoms with Gasteiger partial charge in [-0.15, -0.1) is 0 Å². The summed E-state index contributed by atoms with van der Waals surface area (Å²) in [4.78, 5) is 38.7. The molecule has 1 aromatic rings. The topological polar surface area (TPSA) is 77.9 Å². The third kappa shape index (κ3) is 6.86. The Labute approximate surface area is 155 Å². The molecular formula is C20H30N2O4. The Morgan fingerprint density at radius 3 is 2.08 bits per heavy atom. The zero-order valence-electron chi connectivity index (χ0n) is 16.4. The van der Waals surface area contributed by atoms with Crippen molar-refractivity contribution < 1.29 is 19.5 Å². The van der Waals surface area contributed by atoms with Crippen LogP contribution in [0.25, 0.3) is 0 Å². The quantitative estimate of drug-likeness (QED) is 0.733. The van der Waals surface area contributed by atoms with Gasteiger partial charge in [-0.1, -0.05) is 39.8 Å². The maximum Gasteiger partial charge on any atom is 0.305 e. The van der Waals surface area contributed by atoms with E-state index < -0.39 is 5.97 Å². The maximum absolute atomic E-state index is 12.7. The van der Waals surface area contributed by atoms with E-state index in [9.17, 15) is 14.4 Å². The van der Waals surface area contributed by atoms with Gasteiger partial charge in [0.25, 0.3) is 5.91 Å². The van der Waals surface area contributed by atoms with Crippen LogP contribution >= 0.6 is 0 Å². The molecule has 0 aliphatic rings. The van der Waals surface area contributed by atoms with Gasteiger partial charge in [-0.05, 0) is 23.6 Å². The second-order valence-corrected chi connectivity index (χ2v) is 7.33. The van der Waals surface area contributed by atoms with Gasteiger partial charge in [-0.25, -0.2) is 0 Å². The first-order valence-electron chi connectivity index (χ1n) is 8.96. The summed E-state index contributed by atoms with van der Waals surface area (Å²) in [6.45, 7) is 8.90. The third-order valence-electron chi connectivity index (χ3n) is 3.96. The molecule has 0 atom stereocenters. The predicted molar refractivity (Wildman–Crippen MR) is 101 cm³/mol. The molecule has 0 heterocycles. The van der Waals surface area contributed by atoms with E-state index in [-0.39, 0.29) is 36.6 Å². The predicted octanol–water partition coefficient (Wildman–Crippen LogP) is 2.87. The molecule has 0 aliphatic heterocycles. The summed E-state index contributed by atoms with van der Waals surface area (Å²) in [6.07, 6.45) is -0.0708. The van der Waals surface area contributed by atoms with Gasteiger partial charge in [0.2, 0.25) is 5.91 Å². The van der Waals surface area contributed by atoms with E-state index >= 15 is 0 Å². The molecule has 26 heavy (non-hydrogen) atoms. The Morgan fingerprint density at radius 1 is 1.04 bits per heavy atom. The second-order valence-electron chi connectivity index (χ2n) is 7.33. The molecule has 6 heteroatoms. The molecule has 1 rings (SSSR count). The highest BCUT2D eigenvalue weighted by molar-refractivity contribution is 5.94. The highest BCUT2D eigenvalue weighted by Crippen LogP contribution is 2.12. The first-order chi connectivity index (χ1) is 12.1. The molecule has 0 aromatic heterocycles. The summed E-state index contributed by atoms with van der Waals surface area (Å²) in [7, 11) is 1.76. The fourth-order valence-electron chi connectivity index (χ4n) is 2.67. The smallest absolute Gasteiger partial charge is 0.305 e. The molecule has 1 aromatic carbocycles. The van der Waals surface area contributed by atoms with Crippen molar-refractivity contribution in [1.29, 1.82) is 0 Å². The van der Waals surface area contributed by atoms with E-state index in [0.29, 0.717) is 18.7 Å². The summed E-state index contributed by atoms with van der Waals surface area (Å²) in [5.41, 5.74) is 1.47. The molecule has 0 aliphatic carbocycles. The Hall–Kier alpha value is -2.37. The van der Waals surface area contributed by atoms with Crippen molar-refractivity contribution >= 4 is 17.8 Å². The Balaban J connectivity index is 2.82. The first-order valence-corrected chi connectivity index (χ1v) is 8.96. The zero-order chi connectivity index (χ0) is 19.9.